The number of carbonyl (C=O) groups excluding carboxylic acids is 9. The molecular formula is C82H94ClN11O24. The van der Waals surface area contributed by atoms with Crippen LogP contribution in [0.25, 0.3) is 11.1 Å². The number of hydrogen-bond donors (Lipinski definition) is 20. The lowest BCUT2D eigenvalue weighted by molar-refractivity contribution is -0.290. The molecule has 6 aromatic carbocycles. The number of aliphatic hydroxyl groups excluding tert-OH is 6. The summed E-state index contributed by atoms with van der Waals surface area (Å²) in [6.07, 6.45) is -13.8. The molecule has 7 aliphatic heterocycles. The van der Waals surface area contributed by atoms with Crippen LogP contribution in [-0.2, 0) is 43.1 Å². The minimum absolute atomic E-state index is 0.0674. The number of imide groups is 1. The third kappa shape index (κ3) is 17.3. The Hall–Kier alpha value is -11.0. The lowest BCUT2D eigenvalue weighted by Crippen LogP contribution is -2.60. The van der Waals surface area contributed by atoms with Gasteiger partial charge in [-0.1, -0.05) is 43.6 Å². The second-order valence-corrected chi connectivity index (χ2v) is 32.0. The molecule has 1 unspecified atom stereocenters. The van der Waals surface area contributed by atoms with Gasteiger partial charge >= 0.3 is 0 Å². The van der Waals surface area contributed by atoms with E-state index in [1.807, 2.05) is 0 Å². The quantitative estimate of drug-likeness (QED) is 0.0545. The predicted octanol–water partition coefficient (Wildman–Crippen LogP) is 1.79. The Kier molecular flexibility index (Phi) is 24.7. The Labute approximate surface area is 680 Å². The van der Waals surface area contributed by atoms with Gasteiger partial charge in [0.05, 0.1) is 17.5 Å². The van der Waals surface area contributed by atoms with Crippen molar-refractivity contribution in [3.05, 3.63) is 141 Å². The first-order chi connectivity index (χ1) is 56.4. The van der Waals surface area contributed by atoms with Gasteiger partial charge in [-0.15, -0.1) is 0 Å². The molecule has 17 rings (SSSR count). The van der Waals surface area contributed by atoms with Crippen molar-refractivity contribution in [2.45, 2.75) is 156 Å². The number of benzene rings is 6. The summed E-state index contributed by atoms with van der Waals surface area (Å²) in [6.45, 7) is 4.60. The van der Waals surface area contributed by atoms with E-state index >= 15 is 28.8 Å². The standard InChI is InChI=1S/C82H94ClN11O24/c1-33(2)16-50(86-5)75(106)93-64-66(99)37-7-10-54-47(25-37)68(101)73-70(103)69(102)71(104)82(118-73)117-72-56(115-54)27-41-28-57(72)116-55-11-8-38(26-49(55)83)67(100)65-81(112)92-63(79(110)89-60-39-18-34-17-35(20-39)21-40(60)19-34)48-29-43(95)30-53(97)59(48)46-24-36(6-9-52(46)96)61(77(108)94-65)91-78(109)62(41)90-76(107)51(87-80(64)111)32-58(98)88-74(105)42-22-44(113-14-12-84-3)31-45(23-42)114-15-13-85-4/h6-11,22-31,33-35,39-40,50-51,60-71,73,82,84-86,95-97,99-104H,12-21,32H2,1-5H3,(H,87,111)(H,89,110)(H,90,107)(H,91,109)(H,92,112)(H,93,106)(H,94,108)(H,88,98,105)/t34?,35?,39?,40?,50-,51+,60?,61-,62-,63+,64-,65+,66-,67-,68?,69+,70+,71-,73-,82-/m1/s1. The van der Waals surface area contributed by atoms with Gasteiger partial charge in [0.2, 0.25) is 59.3 Å². The third-order valence-electron chi connectivity index (χ3n) is 23.0. The molecule has 11 aliphatic rings. The van der Waals surface area contributed by atoms with Crippen molar-refractivity contribution in [3.8, 4) is 68.6 Å². The molecule has 0 spiro atoms. The molecule has 15 atom stereocenters. The van der Waals surface area contributed by atoms with Crippen LogP contribution in [0.2, 0.25) is 5.02 Å². The smallest absolute Gasteiger partial charge is 0.258 e. The minimum atomic E-state index is -2.38. The summed E-state index contributed by atoms with van der Waals surface area (Å²) in [6, 6.07) is 3.89. The lowest BCUT2D eigenvalue weighted by Gasteiger charge is -2.54. The first-order valence-corrected chi connectivity index (χ1v) is 39.4. The zero-order valence-corrected chi connectivity index (χ0v) is 65.4. The maximum atomic E-state index is 16.5. The summed E-state index contributed by atoms with van der Waals surface area (Å²) in [5.41, 5.74) is -2.87. The SMILES string of the molecule is CNCCOc1cc(OCCNC)cc(C(=O)NC(=O)C[C@@H]2NC(=O)[C@H](NC(=O)[C@@H](CC(C)C)NC)[C@H](O)c3ccc4c(c3)C(O)[C@H]3O[C@@H](Oc5c6cc(cc5O4)[C@@H](NC2=O)C(=O)N[C@H]2C(=O)N[C@H](C(=O)N[C@H](C(=O)NC4C5CC7CC(C5)CC4C7)c4cc(O)cc(O)c4-c4cc2ccc4O)[C@H](O)c2ccc(c(Cl)c2)O6)[C@H](O)[C@@H](O)[C@@H]3O)c1. The highest BCUT2D eigenvalue weighted by atomic mass is 35.5. The molecule has 628 valence electrons. The van der Waals surface area contributed by atoms with Gasteiger partial charge in [0.25, 0.3) is 5.91 Å². The third-order valence-corrected chi connectivity index (χ3v) is 23.3. The van der Waals surface area contributed by atoms with Gasteiger partial charge in [-0.3, -0.25) is 48.5 Å². The average molecular weight is 1650 g/mol. The highest BCUT2D eigenvalue weighted by Crippen LogP contribution is 2.55. The fourth-order valence-corrected chi connectivity index (χ4v) is 17.6. The molecule has 20 N–H and O–H groups in total. The number of fused-ring (bicyclic) bond motifs is 16. The van der Waals surface area contributed by atoms with Crippen LogP contribution in [0.3, 0.4) is 0 Å². The molecule has 6 aromatic rings. The van der Waals surface area contributed by atoms with Crippen LogP contribution in [0.4, 0.5) is 0 Å². The lowest BCUT2D eigenvalue weighted by atomic mass is 9.54. The fraction of sp³-hybridized carbons (Fsp3) is 0.451. The molecule has 18 bridgehead atoms. The van der Waals surface area contributed by atoms with Crippen molar-refractivity contribution in [2.24, 2.45) is 29.6 Å². The predicted molar refractivity (Wildman–Crippen MR) is 416 cm³/mol. The summed E-state index contributed by atoms with van der Waals surface area (Å²) >= 11 is 7.18. The number of hydrogen-bond acceptors (Lipinski definition) is 27. The Bertz CT molecular complexity index is 4860. The maximum Gasteiger partial charge on any atom is 0.258 e. The number of rotatable bonds is 18. The van der Waals surface area contributed by atoms with Gasteiger partial charge in [-0.05, 0) is 184 Å². The summed E-state index contributed by atoms with van der Waals surface area (Å²) < 4.78 is 37.7. The van der Waals surface area contributed by atoms with Crippen molar-refractivity contribution < 1.29 is 118 Å². The zero-order valence-electron chi connectivity index (χ0n) is 64.7. The first kappa shape index (κ1) is 83.5. The topological polar surface area (TPSA) is 523 Å². The van der Waals surface area contributed by atoms with E-state index in [9.17, 15) is 60.3 Å². The number of phenolic OH excluding ortho intramolecular Hbond substituents is 3. The number of aliphatic hydroxyl groups is 6. The van der Waals surface area contributed by atoms with E-state index in [4.69, 9.17) is 40.0 Å². The van der Waals surface area contributed by atoms with Gasteiger partial charge in [0.15, 0.2) is 11.5 Å². The van der Waals surface area contributed by atoms with Gasteiger partial charge in [-0.25, -0.2) is 0 Å². The summed E-state index contributed by atoms with van der Waals surface area (Å²) in [5, 5.41) is 138. The van der Waals surface area contributed by atoms with E-state index in [1.54, 1.807) is 27.9 Å². The average Bonchev–Trinajstić information content (AvgIpc) is 0.757. The normalized spacial score (nSPS) is 28.4. The van der Waals surface area contributed by atoms with Crippen LogP contribution >= 0.6 is 11.6 Å². The van der Waals surface area contributed by atoms with E-state index in [0.29, 0.717) is 24.9 Å². The van der Waals surface area contributed by atoms with Crippen LogP contribution in [-0.4, -0.2) is 207 Å². The number of halogens is 1. The summed E-state index contributed by atoms with van der Waals surface area (Å²) in [7, 11) is 4.84. The van der Waals surface area contributed by atoms with Crippen LogP contribution < -0.4 is 82.2 Å². The van der Waals surface area contributed by atoms with E-state index < -0.39 is 202 Å². The molecule has 35 nitrogen and oxygen atoms in total. The van der Waals surface area contributed by atoms with Gasteiger partial charge in [-0.2, -0.15) is 0 Å². The number of likely N-dealkylation sites (N-methyl/N-ethyl adjacent to an activating group) is 3. The fourth-order valence-electron chi connectivity index (χ4n) is 17.3. The van der Waals surface area contributed by atoms with Gasteiger partial charge in [0, 0.05) is 53.5 Å². The molecule has 36 heteroatoms. The number of phenols is 3. The van der Waals surface area contributed by atoms with Gasteiger partial charge < -0.3 is 128 Å². The second-order valence-electron chi connectivity index (χ2n) is 31.6. The van der Waals surface area contributed by atoms with Crippen LogP contribution in [0.5, 0.6) is 57.5 Å². The van der Waals surface area contributed by atoms with Crippen LogP contribution in [0.15, 0.2) is 97.1 Å². The highest BCUT2D eigenvalue weighted by Gasteiger charge is 2.53. The Morgan fingerprint density at radius 2 is 1.19 bits per heavy atom. The minimum Gasteiger partial charge on any atom is -0.508 e. The molecule has 4 aliphatic carbocycles. The Morgan fingerprint density at radius 3 is 1.84 bits per heavy atom. The van der Waals surface area contributed by atoms with Crippen LogP contribution in [0, 0.1) is 29.6 Å². The van der Waals surface area contributed by atoms with Crippen molar-refractivity contribution in [1.29, 1.82) is 0 Å². The van der Waals surface area contributed by atoms with E-state index in [1.165, 1.54) is 49.5 Å². The van der Waals surface area contributed by atoms with Crippen LogP contribution in [0.1, 0.15) is 139 Å². The number of amides is 9. The first-order valence-electron chi connectivity index (χ1n) is 39.0. The van der Waals surface area contributed by atoms with Crippen molar-refractivity contribution in [2.75, 3.05) is 47.4 Å². The number of carbonyl (C=O) groups is 9. The zero-order chi connectivity index (χ0) is 84.0. The van der Waals surface area contributed by atoms with Crippen molar-refractivity contribution in [3.63, 3.8) is 0 Å². The second kappa shape index (κ2) is 34.9. The largest absolute Gasteiger partial charge is 0.508 e. The molecule has 5 fully saturated rings. The molecule has 7 heterocycles. The highest BCUT2D eigenvalue weighted by molar-refractivity contribution is 6.32. The van der Waals surface area contributed by atoms with E-state index in [0.717, 1.165) is 86.7 Å². The summed E-state index contributed by atoms with van der Waals surface area (Å²) in [5.74, 6) is -14.4. The molecule has 0 radical (unpaired) electrons. The Morgan fingerprint density at radius 1 is 0.576 bits per heavy atom. The molecule has 118 heavy (non-hydrogen) atoms. The Balaban J connectivity index is 0.952. The molecular weight excluding hydrogens is 1560 g/mol. The molecule has 0 aromatic heterocycles. The molecule has 9 amide bonds. The number of nitrogens with one attached hydrogen (secondary N) is 11. The van der Waals surface area contributed by atoms with E-state index in [2.05, 4.69) is 58.5 Å². The molecule has 1 saturated heterocycles. The maximum absolute atomic E-state index is 16.5. The van der Waals surface area contributed by atoms with Crippen molar-refractivity contribution >= 4 is 64.8 Å². The molecule has 4 saturated carbocycles. The van der Waals surface area contributed by atoms with Gasteiger partial charge in [0.1, 0.15) is 132 Å². The number of ether oxygens (including phenoxy) is 6. The van der Waals surface area contributed by atoms with Crippen molar-refractivity contribution in [1.82, 2.24) is 58.5 Å². The summed E-state index contributed by atoms with van der Waals surface area (Å²) in [4.78, 5) is 139. The monoisotopic (exact) mass is 1650 g/mol. The van der Waals surface area contributed by atoms with E-state index in [-0.39, 0.29) is 105 Å². The number of aromatic hydroxyl groups is 3.